The fourth-order valence-electron chi connectivity index (χ4n) is 3.57. The third-order valence-electron chi connectivity index (χ3n) is 5.35. The van der Waals surface area contributed by atoms with E-state index in [4.69, 9.17) is 27.9 Å². The summed E-state index contributed by atoms with van der Waals surface area (Å²) < 4.78 is 5.76. The number of likely N-dealkylation sites (tertiary alicyclic amines) is 1. The van der Waals surface area contributed by atoms with Crippen molar-refractivity contribution in [2.24, 2.45) is 0 Å². The second-order valence-corrected chi connectivity index (χ2v) is 8.62. The van der Waals surface area contributed by atoms with Gasteiger partial charge in [0.1, 0.15) is 12.4 Å². The first kappa shape index (κ1) is 22.9. The molecule has 0 aliphatic carbocycles. The average molecular weight is 451 g/mol. The summed E-state index contributed by atoms with van der Waals surface area (Å²) in [7, 11) is 0. The van der Waals surface area contributed by atoms with Crippen molar-refractivity contribution in [3.63, 3.8) is 0 Å². The molecule has 0 radical (unpaired) electrons. The number of halogens is 2. The molecule has 1 heterocycles. The number of rotatable bonds is 8. The van der Waals surface area contributed by atoms with Gasteiger partial charge in [-0.1, -0.05) is 53.5 Å². The molecule has 1 aliphatic rings. The lowest BCUT2D eigenvalue weighted by Gasteiger charge is -2.27. The zero-order chi connectivity index (χ0) is 21.4. The van der Waals surface area contributed by atoms with Crippen LogP contribution in [0.15, 0.2) is 48.5 Å². The quantitative estimate of drug-likeness (QED) is 0.638. The lowest BCUT2D eigenvalue weighted by Crippen LogP contribution is -2.40. The van der Waals surface area contributed by atoms with Crippen molar-refractivity contribution < 1.29 is 14.6 Å². The van der Waals surface area contributed by atoms with Crippen LogP contribution >= 0.6 is 23.2 Å². The SMILES string of the molecule is O=C(CN1CCCC(O)(COc2ccc(Cl)c(Cl)c2)CC1)NCCc1ccccc1. The van der Waals surface area contributed by atoms with Crippen LogP contribution in [0.2, 0.25) is 10.0 Å². The molecule has 1 saturated heterocycles. The summed E-state index contributed by atoms with van der Waals surface area (Å²) in [4.78, 5) is 14.4. The van der Waals surface area contributed by atoms with E-state index in [1.54, 1.807) is 18.2 Å². The van der Waals surface area contributed by atoms with E-state index in [9.17, 15) is 9.90 Å². The van der Waals surface area contributed by atoms with Crippen molar-refractivity contribution in [1.82, 2.24) is 10.2 Å². The molecule has 5 nitrogen and oxygen atoms in total. The molecule has 1 aliphatic heterocycles. The molecule has 0 saturated carbocycles. The van der Waals surface area contributed by atoms with E-state index in [1.165, 1.54) is 5.56 Å². The van der Waals surface area contributed by atoms with Crippen molar-refractivity contribution in [2.75, 3.05) is 32.8 Å². The summed E-state index contributed by atoms with van der Waals surface area (Å²) >= 11 is 11.9. The number of nitrogens with one attached hydrogen (secondary N) is 1. The number of ether oxygens (including phenoxy) is 1. The maximum Gasteiger partial charge on any atom is 0.234 e. The van der Waals surface area contributed by atoms with Crippen LogP contribution in [0.25, 0.3) is 0 Å². The van der Waals surface area contributed by atoms with Gasteiger partial charge in [-0.2, -0.15) is 0 Å². The summed E-state index contributed by atoms with van der Waals surface area (Å²) in [6.45, 7) is 2.58. The Labute approximate surface area is 187 Å². The molecule has 1 amide bonds. The molecule has 162 valence electrons. The minimum atomic E-state index is -0.926. The van der Waals surface area contributed by atoms with Gasteiger partial charge in [0.2, 0.25) is 5.91 Å². The summed E-state index contributed by atoms with van der Waals surface area (Å²) in [6.07, 6.45) is 2.79. The number of amides is 1. The zero-order valence-corrected chi connectivity index (χ0v) is 18.5. The van der Waals surface area contributed by atoms with Gasteiger partial charge in [0.15, 0.2) is 0 Å². The number of carbonyl (C=O) groups excluding carboxylic acids is 1. The normalized spacial score (nSPS) is 19.8. The summed E-state index contributed by atoms with van der Waals surface area (Å²) in [6, 6.07) is 15.2. The van der Waals surface area contributed by atoms with Crippen LogP contribution in [0, 0.1) is 0 Å². The van der Waals surface area contributed by atoms with Crippen LogP contribution in [0.3, 0.4) is 0 Å². The van der Waals surface area contributed by atoms with Crippen molar-refractivity contribution in [2.45, 2.75) is 31.3 Å². The fraction of sp³-hybridized carbons (Fsp3) is 0.435. The molecular weight excluding hydrogens is 423 g/mol. The Morgan fingerprint density at radius 2 is 1.90 bits per heavy atom. The Kier molecular flexibility index (Phi) is 8.40. The number of aliphatic hydroxyl groups is 1. The minimum Gasteiger partial charge on any atom is -0.491 e. The lowest BCUT2D eigenvalue weighted by atomic mass is 9.96. The highest BCUT2D eigenvalue weighted by molar-refractivity contribution is 6.42. The third kappa shape index (κ3) is 7.17. The number of nitrogens with zero attached hydrogens (tertiary/aromatic N) is 1. The van der Waals surface area contributed by atoms with Crippen molar-refractivity contribution in [1.29, 1.82) is 0 Å². The standard InChI is InChI=1S/C23H28Cl2N2O3/c24-20-8-7-19(15-21(20)25)30-17-23(29)10-4-13-27(14-11-23)16-22(28)26-12-9-18-5-2-1-3-6-18/h1-3,5-8,15,29H,4,9-14,16-17H2,(H,26,28). The van der Waals surface area contributed by atoms with Gasteiger partial charge in [-0.25, -0.2) is 0 Å². The van der Waals surface area contributed by atoms with Crippen LogP contribution in [0.4, 0.5) is 0 Å². The lowest BCUT2D eigenvalue weighted by molar-refractivity contribution is -0.122. The van der Waals surface area contributed by atoms with Crippen LogP contribution in [-0.2, 0) is 11.2 Å². The molecule has 30 heavy (non-hydrogen) atoms. The summed E-state index contributed by atoms with van der Waals surface area (Å²) in [5.74, 6) is 0.597. The van der Waals surface area contributed by atoms with E-state index in [1.807, 2.05) is 18.2 Å². The average Bonchev–Trinajstić information content (AvgIpc) is 2.92. The predicted molar refractivity (Wildman–Crippen MR) is 120 cm³/mol. The molecule has 2 aromatic rings. The first-order chi connectivity index (χ1) is 14.4. The molecule has 0 bridgehead atoms. The van der Waals surface area contributed by atoms with Crippen LogP contribution < -0.4 is 10.1 Å². The van der Waals surface area contributed by atoms with Gasteiger partial charge in [-0.15, -0.1) is 0 Å². The monoisotopic (exact) mass is 450 g/mol. The van der Waals surface area contributed by atoms with Crippen molar-refractivity contribution in [3.8, 4) is 5.75 Å². The molecule has 3 rings (SSSR count). The van der Waals surface area contributed by atoms with Gasteiger partial charge in [0.05, 0.1) is 22.2 Å². The molecule has 2 N–H and O–H groups in total. The Morgan fingerprint density at radius 3 is 2.67 bits per heavy atom. The van der Waals surface area contributed by atoms with E-state index < -0.39 is 5.60 Å². The Morgan fingerprint density at radius 1 is 1.10 bits per heavy atom. The molecule has 1 fully saturated rings. The molecular formula is C23H28Cl2N2O3. The third-order valence-corrected chi connectivity index (χ3v) is 6.09. The molecule has 1 unspecified atom stereocenters. The number of hydrogen-bond acceptors (Lipinski definition) is 4. The van der Waals surface area contributed by atoms with Gasteiger partial charge in [-0.3, -0.25) is 9.69 Å². The van der Waals surface area contributed by atoms with E-state index >= 15 is 0 Å². The number of benzene rings is 2. The topological polar surface area (TPSA) is 61.8 Å². The first-order valence-corrected chi connectivity index (χ1v) is 11.0. The fourth-order valence-corrected chi connectivity index (χ4v) is 3.86. The van der Waals surface area contributed by atoms with Gasteiger partial charge < -0.3 is 15.2 Å². The molecule has 7 heteroatoms. The minimum absolute atomic E-state index is 0.0171. The van der Waals surface area contributed by atoms with Crippen LogP contribution in [0.1, 0.15) is 24.8 Å². The Bertz CT molecular complexity index is 834. The second-order valence-electron chi connectivity index (χ2n) is 7.80. The number of carbonyl (C=O) groups is 1. The second kappa shape index (κ2) is 11.0. The van der Waals surface area contributed by atoms with Gasteiger partial charge in [0, 0.05) is 19.2 Å². The maximum absolute atomic E-state index is 12.3. The summed E-state index contributed by atoms with van der Waals surface area (Å²) in [5, 5.41) is 14.8. The molecule has 2 aromatic carbocycles. The Balaban J connectivity index is 1.41. The largest absolute Gasteiger partial charge is 0.491 e. The number of hydrogen-bond donors (Lipinski definition) is 2. The maximum atomic E-state index is 12.3. The highest BCUT2D eigenvalue weighted by atomic mass is 35.5. The van der Waals surface area contributed by atoms with Gasteiger partial charge in [-0.05, 0) is 49.9 Å². The highest BCUT2D eigenvalue weighted by Crippen LogP contribution is 2.28. The van der Waals surface area contributed by atoms with Crippen LogP contribution in [0.5, 0.6) is 5.75 Å². The molecule has 0 spiro atoms. The van der Waals surface area contributed by atoms with Gasteiger partial charge in [0.25, 0.3) is 0 Å². The summed E-state index contributed by atoms with van der Waals surface area (Å²) in [5.41, 5.74) is 0.282. The molecule has 0 aromatic heterocycles. The van der Waals surface area contributed by atoms with Crippen molar-refractivity contribution in [3.05, 3.63) is 64.1 Å². The molecule has 1 atom stereocenters. The van der Waals surface area contributed by atoms with E-state index in [0.717, 1.165) is 19.4 Å². The van der Waals surface area contributed by atoms with E-state index in [0.29, 0.717) is 48.3 Å². The zero-order valence-electron chi connectivity index (χ0n) is 16.9. The first-order valence-electron chi connectivity index (χ1n) is 10.3. The van der Waals surface area contributed by atoms with E-state index in [-0.39, 0.29) is 12.5 Å². The smallest absolute Gasteiger partial charge is 0.234 e. The highest BCUT2D eigenvalue weighted by Gasteiger charge is 2.31. The van der Waals surface area contributed by atoms with Gasteiger partial charge >= 0.3 is 0 Å². The van der Waals surface area contributed by atoms with Crippen LogP contribution in [-0.4, -0.2) is 54.3 Å². The predicted octanol–water partition coefficient (Wildman–Crippen LogP) is 3.95. The van der Waals surface area contributed by atoms with E-state index in [2.05, 4.69) is 22.3 Å². The Hall–Kier alpha value is -1.79. The van der Waals surface area contributed by atoms with Crippen molar-refractivity contribution >= 4 is 29.1 Å².